The zero-order chi connectivity index (χ0) is 14.5. The van der Waals surface area contributed by atoms with E-state index in [2.05, 4.69) is 72.3 Å². The number of likely N-dealkylation sites (N-methyl/N-ethyl adjacent to an activating group) is 1. The van der Waals surface area contributed by atoms with E-state index >= 15 is 0 Å². The lowest BCUT2D eigenvalue weighted by Crippen LogP contribution is -2.23. The molecule has 0 bridgehead atoms. The van der Waals surface area contributed by atoms with Gasteiger partial charge >= 0.3 is 0 Å². The van der Waals surface area contributed by atoms with Crippen LogP contribution in [0.2, 0.25) is 0 Å². The number of hydrogen-bond donors (Lipinski definition) is 1. The molecule has 1 heterocycles. The molecule has 0 saturated heterocycles. The van der Waals surface area contributed by atoms with E-state index in [-0.39, 0.29) is 0 Å². The van der Waals surface area contributed by atoms with Gasteiger partial charge in [-0.25, -0.2) is 0 Å². The van der Waals surface area contributed by atoms with Crippen molar-refractivity contribution in [2.75, 3.05) is 6.54 Å². The van der Waals surface area contributed by atoms with Crippen LogP contribution in [0.3, 0.4) is 0 Å². The second-order valence-corrected chi connectivity index (χ2v) is 7.21. The quantitative estimate of drug-likeness (QED) is 0.746. The highest BCUT2D eigenvalue weighted by atomic mass is 79.9. The van der Waals surface area contributed by atoms with Gasteiger partial charge in [-0.3, -0.25) is 0 Å². The Morgan fingerprint density at radius 3 is 2.50 bits per heavy atom. The maximum Gasteiger partial charge on any atom is 0.0371 e. The highest BCUT2D eigenvalue weighted by molar-refractivity contribution is 9.10. The summed E-state index contributed by atoms with van der Waals surface area (Å²) >= 11 is 5.49. The Morgan fingerprint density at radius 1 is 1.15 bits per heavy atom. The Kier molecular flexibility index (Phi) is 5.82. The predicted molar refractivity (Wildman–Crippen MR) is 92.7 cm³/mol. The van der Waals surface area contributed by atoms with Crippen LogP contribution in [-0.4, -0.2) is 6.54 Å². The largest absolute Gasteiger partial charge is 0.310 e. The topological polar surface area (TPSA) is 12.0 Å². The molecule has 0 saturated carbocycles. The van der Waals surface area contributed by atoms with Crippen molar-refractivity contribution in [1.82, 2.24) is 5.32 Å². The van der Waals surface area contributed by atoms with Gasteiger partial charge in [-0.2, -0.15) is 0 Å². The van der Waals surface area contributed by atoms with Crippen molar-refractivity contribution in [3.05, 3.63) is 55.7 Å². The van der Waals surface area contributed by atoms with Crippen molar-refractivity contribution in [3.8, 4) is 0 Å². The molecule has 0 aliphatic carbocycles. The van der Waals surface area contributed by atoms with E-state index in [0.717, 1.165) is 23.9 Å². The van der Waals surface area contributed by atoms with Crippen LogP contribution in [0.4, 0.5) is 0 Å². The first-order chi connectivity index (χ1) is 9.63. The zero-order valence-electron chi connectivity index (χ0n) is 12.4. The third-order valence-corrected chi connectivity index (χ3v) is 5.27. The molecule has 1 unspecified atom stereocenters. The maximum absolute atomic E-state index is 3.63. The lowest BCUT2D eigenvalue weighted by Gasteiger charge is -2.20. The van der Waals surface area contributed by atoms with Gasteiger partial charge in [0.25, 0.3) is 0 Å². The summed E-state index contributed by atoms with van der Waals surface area (Å²) in [7, 11) is 0. The lowest BCUT2D eigenvalue weighted by molar-refractivity contribution is 0.551. The van der Waals surface area contributed by atoms with Crippen LogP contribution >= 0.6 is 27.3 Å². The fourth-order valence-corrected chi connectivity index (χ4v) is 3.97. The zero-order valence-corrected chi connectivity index (χ0v) is 14.8. The molecule has 1 atom stereocenters. The van der Waals surface area contributed by atoms with Gasteiger partial charge in [0.05, 0.1) is 0 Å². The average molecular weight is 352 g/mol. The van der Waals surface area contributed by atoms with Crippen molar-refractivity contribution in [1.29, 1.82) is 0 Å². The molecule has 108 valence electrons. The van der Waals surface area contributed by atoms with E-state index < -0.39 is 0 Å². The summed E-state index contributed by atoms with van der Waals surface area (Å²) in [6.07, 6.45) is 2.20. The summed E-state index contributed by atoms with van der Waals surface area (Å²) in [5, 5.41) is 3.63. The first-order valence-electron chi connectivity index (χ1n) is 7.21. The van der Waals surface area contributed by atoms with Gasteiger partial charge in [0.15, 0.2) is 0 Å². The van der Waals surface area contributed by atoms with Crippen LogP contribution in [0.15, 0.2) is 34.8 Å². The Bertz CT molecular complexity index is 562. The minimum Gasteiger partial charge on any atom is -0.310 e. The molecular formula is C17H22BrNS. The van der Waals surface area contributed by atoms with Crippen LogP contribution in [0, 0.1) is 6.92 Å². The summed E-state index contributed by atoms with van der Waals surface area (Å²) in [4.78, 5) is 2.94. The highest BCUT2D eigenvalue weighted by Gasteiger charge is 2.14. The Morgan fingerprint density at radius 2 is 1.90 bits per heavy atom. The summed E-state index contributed by atoms with van der Waals surface area (Å²) < 4.78 is 1.15. The van der Waals surface area contributed by atoms with Crippen LogP contribution in [0.1, 0.15) is 40.8 Å². The number of rotatable bonds is 6. The molecule has 1 aromatic heterocycles. The van der Waals surface area contributed by atoms with Crippen LogP contribution in [-0.2, 0) is 12.8 Å². The van der Waals surface area contributed by atoms with Gasteiger partial charge in [-0.1, -0.05) is 35.8 Å². The summed E-state index contributed by atoms with van der Waals surface area (Å²) in [6, 6.07) is 11.5. The van der Waals surface area contributed by atoms with Crippen molar-refractivity contribution in [2.24, 2.45) is 0 Å². The van der Waals surface area contributed by atoms with E-state index in [1.165, 1.54) is 20.9 Å². The molecule has 0 spiro atoms. The average Bonchev–Trinajstić information content (AvgIpc) is 2.86. The highest BCUT2D eigenvalue weighted by Crippen LogP contribution is 2.27. The molecule has 3 heteroatoms. The lowest BCUT2D eigenvalue weighted by atomic mass is 9.98. The fraction of sp³-hybridized carbons (Fsp3) is 0.412. The van der Waals surface area contributed by atoms with E-state index in [1.807, 2.05) is 11.3 Å². The normalized spacial score (nSPS) is 12.6. The van der Waals surface area contributed by atoms with Gasteiger partial charge < -0.3 is 5.32 Å². The van der Waals surface area contributed by atoms with Gasteiger partial charge in [0, 0.05) is 26.7 Å². The van der Waals surface area contributed by atoms with Gasteiger partial charge in [0.2, 0.25) is 0 Å². The van der Waals surface area contributed by atoms with Gasteiger partial charge in [-0.15, -0.1) is 11.3 Å². The Hall–Kier alpha value is -0.640. The van der Waals surface area contributed by atoms with E-state index in [0.29, 0.717) is 6.04 Å². The van der Waals surface area contributed by atoms with E-state index in [1.54, 1.807) is 0 Å². The molecule has 20 heavy (non-hydrogen) atoms. The minimum atomic E-state index is 0.399. The Balaban J connectivity index is 2.21. The first-order valence-corrected chi connectivity index (χ1v) is 8.82. The number of thiophene rings is 1. The molecule has 1 N–H and O–H groups in total. The van der Waals surface area contributed by atoms with Crippen LogP contribution < -0.4 is 5.32 Å². The smallest absolute Gasteiger partial charge is 0.0371 e. The molecule has 0 amide bonds. The molecule has 0 aliphatic rings. The third-order valence-electron chi connectivity index (χ3n) is 3.53. The molecule has 1 nitrogen and oxygen atoms in total. The molecular weight excluding hydrogens is 330 g/mol. The molecule has 1 aromatic carbocycles. The first kappa shape index (κ1) is 15.7. The summed E-state index contributed by atoms with van der Waals surface area (Å²) in [6.45, 7) is 7.58. The summed E-state index contributed by atoms with van der Waals surface area (Å²) in [5.41, 5.74) is 2.75. The Labute approximate surface area is 134 Å². The molecule has 2 aromatic rings. The SMILES string of the molecule is CCNC(Cc1ccc(CC)s1)c1ccc(Br)cc1C. The van der Waals surface area contributed by atoms with Crippen molar-refractivity contribution in [2.45, 2.75) is 39.7 Å². The van der Waals surface area contributed by atoms with Crippen molar-refractivity contribution >= 4 is 27.3 Å². The fourth-order valence-electron chi connectivity index (χ4n) is 2.49. The van der Waals surface area contributed by atoms with Crippen molar-refractivity contribution < 1.29 is 0 Å². The molecule has 0 fully saturated rings. The van der Waals surface area contributed by atoms with Crippen LogP contribution in [0.25, 0.3) is 0 Å². The molecule has 2 rings (SSSR count). The van der Waals surface area contributed by atoms with Gasteiger partial charge in [-0.05, 0) is 55.3 Å². The second-order valence-electron chi connectivity index (χ2n) is 5.04. The number of aryl methyl sites for hydroxylation is 2. The predicted octanol–water partition coefficient (Wildman–Crippen LogP) is 5.27. The maximum atomic E-state index is 3.63. The monoisotopic (exact) mass is 351 g/mol. The number of benzene rings is 1. The molecule has 0 radical (unpaired) electrons. The van der Waals surface area contributed by atoms with Gasteiger partial charge in [0.1, 0.15) is 0 Å². The number of nitrogens with one attached hydrogen (secondary N) is 1. The van der Waals surface area contributed by atoms with Crippen LogP contribution in [0.5, 0.6) is 0 Å². The van der Waals surface area contributed by atoms with E-state index in [4.69, 9.17) is 0 Å². The minimum absolute atomic E-state index is 0.399. The third kappa shape index (κ3) is 3.94. The number of hydrogen-bond acceptors (Lipinski definition) is 2. The van der Waals surface area contributed by atoms with E-state index in [9.17, 15) is 0 Å². The van der Waals surface area contributed by atoms with Crippen molar-refractivity contribution in [3.63, 3.8) is 0 Å². The standard InChI is InChI=1S/C17H22BrNS/c1-4-14-7-8-15(20-14)11-17(19-5-2)16-9-6-13(18)10-12(16)3/h6-10,17,19H,4-5,11H2,1-3H3. The number of halogens is 1. The second kappa shape index (κ2) is 7.39. The molecule has 0 aliphatic heterocycles. The summed E-state index contributed by atoms with van der Waals surface area (Å²) in [5.74, 6) is 0.